The zero-order valence-electron chi connectivity index (χ0n) is 10.3. The van der Waals surface area contributed by atoms with E-state index in [0.717, 1.165) is 6.08 Å². The summed E-state index contributed by atoms with van der Waals surface area (Å²) in [5.41, 5.74) is -0.533. The van der Waals surface area contributed by atoms with Gasteiger partial charge in [0.15, 0.2) is 0 Å². The lowest BCUT2D eigenvalue weighted by Gasteiger charge is -2.25. The van der Waals surface area contributed by atoms with Crippen LogP contribution in [-0.4, -0.2) is 17.5 Å². The second-order valence-corrected chi connectivity index (χ2v) is 5.70. The average Bonchev–Trinajstić information content (AvgIpc) is 2.17. The molecule has 0 radical (unpaired) electrons. The van der Waals surface area contributed by atoms with Gasteiger partial charge in [-0.15, -0.1) is 11.6 Å². The van der Waals surface area contributed by atoms with E-state index in [1.165, 1.54) is 12.2 Å². The molecule has 1 N–H and O–H groups in total. The number of alkyl halides is 4. The first-order valence-electron chi connectivity index (χ1n) is 5.44. The summed E-state index contributed by atoms with van der Waals surface area (Å²) in [6, 6.07) is 0. The van der Waals surface area contributed by atoms with Gasteiger partial charge in [-0.25, -0.2) is 0 Å². The number of halogens is 4. The molecule has 1 amide bonds. The molecule has 0 aromatic carbocycles. The van der Waals surface area contributed by atoms with Gasteiger partial charge in [-0.05, 0) is 12.2 Å². The molecule has 0 bridgehead atoms. The van der Waals surface area contributed by atoms with Crippen molar-refractivity contribution < 1.29 is 18.0 Å². The third kappa shape index (κ3) is 3.77. The van der Waals surface area contributed by atoms with Crippen LogP contribution in [-0.2, 0) is 4.79 Å². The first-order chi connectivity index (χ1) is 8.01. The quantitative estimate of drug-likeness (QED) is 0.734. The zero-order chi connectivity index (χ0) is 14.1. The van der Waals surface area contributed by atoms with E-state index in [1.807, 2.05) is 0 Å². The Labute approximate surface area is 109 Å². The van der Waals surface area contributed by atoms with Crippen LogP contribution in [0, 0.1) is 11.3 Å². The van der Waals surface area contributed by atoms with Crippen LogP contribution in [0.5, 0.6) is 0 Å². The molecule has 1 rings (SSSR count). The van der Waals surface area contributed by atoms with E-state index in [9.17, 15) is 18.0 Å². The van der Waals surface area contributed by atoms with Gasteiger partial charge in [0, 0.05) is 11.1 Å². The van der Waals surface area contributed by atoms with E-state index in [4.69, 9.17) is 11.6 Å². The summed E-state index contributed by atoms with van der Waals surface area (Å²) in [6.07, 6.45) is -0.849. The Kier molecular flexibility index (Phi) is 4.15. The van der Waals surface area contributed by atoms with Gasteiger partial charge in [0.05, 0.1) is 11.3 Å². The van der Waals surface area contributed by atoms with Gasteiger partial charge in [-0.2, -0.15) is 13.2 Å². The number of nitrogens with one attached hydrogen (secondary N) is 1. The molecule has 0 fully saturated rings. The number of hydrogen-bond donors (Lipinski definition) is 1. The van der Waals surface area contributed by atoms with Crippen molar-refractivity contribution in [2.24, 2.45) is 11.3 Å². The smallest absolute Gasteiger partial charge is 0.326 e. The van der Waals surface area contributed by atoms with Crippen molar-refractivity contribution in [1.29, 1.82) is 0 Å². The Morgan fingerprint density at radius 3 is 2.33 bits per heavy atom. The maximum atomic E-state index is 12.7. The highest BCUT2D eigenvalue weighted by molar-refractivity contribution is 6.22. The van der Waals surface area contributed by atoms with Crippen molar-refractivity contribution in [1.82, 2.24) is 5.32 Å². The molecule has 2 atom stereocenters. The van der Waals surface area contributed by atoms with Crippen molar-refractivity contribution in [2.45, 2.75) is 32.3 Å². The summed E-state index contributed by atoms with van der Waals surface area (Å²) in [4.78, 5) is 11.7. The molecule has 2 nitrogen and oxygen atoms in total. The van der Waals surface area contributed by atoms with Gasteiger partial charge in [0.2, 0.25) is 5.91 Å². The Hall–Kier alpha value is -0.970. The SMILES string of the molecule is CC(C)(C)C(=O)NC1=CC(C(F)(F)F)C(Cl)C=C1. The van der Waals surface area contributed by atoms with Crippen LogP contribution >= 0.6 is 11.6 Å². The lowest BCUT2D eigenvalue weighted by atomic mass is 9.94. The molecule has 0 heterocycles. The van der Waals surface area contributed by atoms with Crippen LogP contribution in [0.25, 0.3) is 0 Å². The van der Waals surface area contributed by atoms with Gasteiger partial charge in [-0.1, -0.05) is 26.8 Å². The Morgan fingerprint density at radius 1 is 1.33 bits per heavy atom. The number of amides is 1. The molecule has 0 spiro atoms. The number of allylic oxidation sites excluding steroid dienone is 3. The highest BCUT2D eigenvalue weighted by Crippen LogP contribution is 2.35. The summed E-state index contributed by atoms with van der Waals surface area (Å²) < 4.78 is 38.0. The lowest BCUT2D eigenvalue weighted by molar-refractivity contribution is -0.159. The Bertz CT molecular complexity index is 393. The van der Waals surface area contributed by atoms with E-state index in [1.54, 1.807) is 20.8 Å². The fraction of sp³-hybridized carbons (Fsp3) is 0.583. The lowest BCUT2D eigenvalue weighted by Crippen LogP contribution is -2.37. The van der Waals surface area contributed by atoms with Gasteiger partial charge in [0.25, 0.3) is 0 Å². The Morgan fingerprint density at radius 2 is 1.89 bits per heavy atom. The normalized spacial score (nSPS) is 24.7. The van der Waals surface area contributed by atoms with Gasteiger partial charge >= 0.3 is 6.18 Å². The molecule has 0 saturated carbocycles. The van der Waals surface area contributed by atoms with Crippen LogP contribution in [0.1, 0.15) is 20.8 Å². The molecule has 2 unspecified atom stereocenters. The van der Waals surface area contributed by atoms with E-state index >= 15 is 0 Å². The topological polar surface area (TPSA) is 29.1 Å². The van der Waals surface area contributed by atoms with E-state index in [0.29, 0.717) is 0 Å². The standard InChI is InChI=1S/C12H15ClF3NO/c1-11(2,3)10(18)17-7-4-5-9(13)8(6-7)12(14,15)16/h4-6,8-9H,1-3H3,(H,17,18). The molecular weight excluding hydrogens is 267 g/mol. The largest absolute Gasteiger partial charge is 0.396 e. The molecule has 102 valence electrons. The van der Waals surface area contributed by atoms with Crippen molar-refractivity contribution in [3.05, 3.63) is 23.9 Å². The minimum Gasteiger partial charge on any atom is -0.326 e. The third-order valence-corrected chi connectivity index (χ3v) is 2.90. The predicted octanol–water partition coefficient (Wildman–Crippen LogP) is 3.39. The van der Waals surface area contributed by atoms with Crippen LogP contribution in [0.4, 0.5) is 13.2 Å². The molecule has 0 aromatic rings. The molecule has 1 aliphatic rings. The maximum Gasteiger partial charge on any atom is 0.396 e. The predicted molar refractivity (Wildman–Crippen MR) is 64.0 cm³/mol. The van der Waals surface area contributed by atoms with Gasteiger partial charge in [0.1, 0.15) is 0 Å². The number of rotatable bonds is 1. The highest BCUT2D eigenvalue weighted by Gasteiger charge is 2.43. The van der Waals surface area contributed by atoms with Crippen LogP contribution in [0.15, 0.2) is 23.9 Å². The first kappa shape index (κ1) is 15.1. The second kappa shape index (κ2) is 4.96. The van der Waals surface area contributed by atoms with Gasteiger partial charge in [-0.3, -0.25) is 4.79 Å². The number of carbonyl (C=O) groups excluding carboxylic acids is 1. The molecule has 6 heteroatoms. The van der Waals surface area contributed by atoms with Crippen LogP contribution < -0.4 is 5.32 Å². The summed E-state index contributed by atoms with van der Waals surface area (Å²) in [5.74, 6) is -2.12. The minimum absolute atomic E-state index is 0.133. The zero-order valence-corrected chi connectivity index (χ0v) is 11.1. The molecule has 0 saturated heterocycles. The summed E-state index contributed by atoms with van der Waals surface area (Å²) in [7, 11) is 0. The summed E-state index contributed by atoms with van der Waals surface area (Å²) in [5, 5.41) is 1.32. The fourth-order valence-corrected chi connectivity index (χ4v) is 1.62. The first-order valence-corrected chi connectivity index (χ1v) is 5.88. The molecule has 1 aliphatic carbocycles. The van der Waals surface area contributed by atoms with Crippen LogP contribution in [0.2, 0.25) is 0 Å². The second-order valence-electron chi connectivity index (χ2n) is 5.20. The highest BCUT2D eigenvalue weighted by atomic mass is 35.5. The van der Waals surface area contributed by atoms with Crippen LogP contribution in [0.3, 0.4) is 0 Å². The van der Waals surface area contributed by atoms with Crippen molar-refractivity contribution in [2.75, 3.05) is 0 Å². The average molecular weight is 282 g/mol. The van der Waals surface area contributed by atoms with Crippen molar-refractivity contribution >= 4 is 17.5 Å². The van der Waals surface area contributed by atoms with E-state index in [-0.39, 0.29) is 11.6 Å². The number of hydrogen-bond acceptors (Lipinski definition) is 1. The third-order valence-electron chi connectivity index (χ3n) is 2.48. The van der Waals surface area contributed by atoms with Gasteiger partial charge < -0.3 is 5.32 Å². The minimum atomic E-state index is -4.42. The molecular formula is C12H15ClF3NO. The molecule has 0 aliphatic heterocycles. The van der Waals surface area contributed by atoms with Crippen molar-refractivity contribution in [3.63, 3.8) is 0 Å². The Balaban J connectivity index is 2.85. The van der Waals surface area contributed by atoms with E-state index in [2.05, 4.69) is 5.32 Å². The monoisotopic (exact) mass is 281 g/mol. The fourth-order valence-electron chi connectivity index (χ4n) is 1.33. The molecule has 18 heavy (non-hydrogen) atoms. The number of carbonyl (C=O) groups is 1. The van der Waals surface area contributed by atoms with E-state index < -0.39 is 22.9 Å². The van der Waals surface area contributed by atoms with Crippen molar-refractivity contribution in [3.8, 4) is 0 Å². The molecule has 0 aromatic heterocycles. The summed E-state index contributed by atoms with van der Waals surface area (Å²) >= 11 is 5.59. The maximum absolute atomic E-state index is 12.7. The summed E-state index contributed by atoms with van der Waals surface area (Å²) in [6.45, 7) is 5.04.